The van der Waals surface area contributed by atoms with E-state index < -0.39 is 10.8 Å². The molecular weight excluding hydrogens is 246 g/mol. The highest BCUT2D eigenvalue weighted by molar-refractivity contribution is 6.14. The summed E-state index contributed by atoms with van der Waals surface area (Å²) in [5, 5.41) is 16.1. The molecule has 0 fully saturated rings. The Morgan fingerprint density at radius 3 is 2.63 bits per heavy atom. The Morgan fingerprint density at radius 1 is 1.42 bits per heavy atom. The van der Waals surface area contributed by atoms with Crippen molar-refractivity contribution in [3.05, 3.63) is 40.4 Å². The van der Waals surface area contributed by atoms with Crippen LogP contribution in [0.4, 0.5) is 5.69 Å². The van der Waals surface area contributed by atoms with Gasteiger partial charge in [0.2, 0.25) is 6.54 Å². The molecule has 6 heteroatoms. The lowest BCUT2D eigenvalue weighted by Gasteiger charge is -2.16. The molecule has 0 saturated carbocycles. The van der Waals surface area contributed by atoms with Crippen molar-refractivity contribution in [2.24, 2.45) is 16.9 Å². The third kappa shape index (κ3) is 2.62. The summed E-state index contributed by atoms with van der Waals surface area (Å²) in [7, 11) is 0. The molecule has 19 heavy (non-hydrogen) atoms. The van der Waals surface area contributed by atoms with E-state index in [1.165, 1.54) is 5.01 Å². The Morgan fingerprint density at radius 2 is 2.05 bits per heavy atom. The van der Waals surface area contributed by atoms with Gasteiger partial charge in [-0.05, 0) is 19.1 Å². The van der Waals surface area contributed by atoms with Gasteiger partial charge in [-0.1, -0.05) is 25.1 Å². The van der Waals surface area contributed by atoms with E-state index in [4.69, 9.17) is 0 Å². The minimum absolute atomic E-state index is 0.196. The highest BCUT2D eigenvalue weighted by atomic mass is 16.6. The zero-order valence-electron chi connectivity index (χ0n) is 10.8. The van der Waals surface area contributed by atoms with Crippen molar-refractivity contribution in [3.8, 4) is 0 Å². The van der Waals surface area contributed by atoms with E-state index in [0.29, 0.717) is 11.4 Å². The number of hydrogen-bond donors (Lipinski definition) is 0. The summed E-state index contributed by atoms with van der Waals surface area (Å²) in [6, 6.07) is 9.07. The van der Waals surface area contributed by atoms with Crippen molar-refractivity contribution in [2.45, 2.75) is 13.8 Å². The van der Waals surface area contributed by atoms with Gasteiger partial charge in [0.1, 0.15) is 0 Å². The Hall–Kier alpha value is -2.24. The van der Waals surface area contributed by atoms with E-state index in [2.05, 4.69) is 5.10 Å². The van der Waals surface area contributed by atoms with Crippen LogP contribution in [-0.2, 0) is 4.79 Å². The van der Waals surface area contributed by atoms with Gasteiger partial charge >= 0.3 is 0 Å². The van der Waals surface area contributed by atoms with E-state index >= 15 is 0 Å². The predicted octanol–water partition coefficient (Wildman–Crippen LogP) is 1.94. The van der Waals surface area contributed by atoms with E-state index in [-0.39, 0.29) is 18.4 Å². The first kappa shape index (κ1) is 13.2. The zero-order chi connectivity index (χ0) is 14.0. The molecule has 2 atom stereocenters. The van der Waals surface area contributed by atoms with Crippen LogP contribution in [0.5, 0.6) is 0 Å². The van der Waals surface area contributed by atoms with Crippen LogP contribution in [-0.4, -0.2) is 23.1 Å². The third-order valence-corrected chi connectivity index (χ3v) is 3.19. The second-order valence-electron chi connectivity index (χ2n) is 4.70. The number of hydrazone groups is 1. The summed E-state index contributed by atoms with van der Waals surface area (Å²) in [6.45, 7) is 3.22. The van der Waals surface area contributed by atoms with Crippen LogP contribution in [0.2, 0.25) is 0 Å². The normalized spacial score (nSPS) is 20.3. The molecule has 1 aliphatic rings. The summed E-state index contributed by atoms with van der Waals surface area (Å²) in [5.74, 6) is -1.07. The lowest BCUT2D eigenvalue weighted by atomic mass is 9.90. The minimum Gasteiger partial charge on any atom is -0.272 e. The number of amides is 1. The highest BCUT2D eigenvalue weighted by Gasteiger charge is 2.39. The van der Waals surface area contributed by atoms with Crippen LogP contribution >= 0.6 is 0 Å². The van der Waals surface area contributed by atoms with Gasteiger partial charge in [-0.15, -0.1) is 0 Å². The second-order valence-corrected chi connectivity index (χ2v) is 4.70. The molecule has 100 valence electrons. The van der Waals surface area contributed by atoms with Crippen molar-refractivity contribution in [3.63, 3.8) is 0 Å². The predicted molar refractivity (Wildman–Crippen MR) is 71.6 cm³/mol. The van der Waals surface area contributed by atoms with Gasteiger partial charge < -0.3 is 0 Å². The number of carbonyl (C=O) groups is 1. The molecule has 1 heterocycles. The summed E-state index contributed by atoms with van der Waals surface area (Å²) in [6.07, 6.45) is 0. The number of carbonyl (C=O) groups excluding carboxylic acids is 1. The Labute approximate surface area is 110 Å². The molecule has 1 aromatic carbocycles. The zero-order valence-corrected chi connectivity index (χ0v) is 10.8. The van der Waals surface area contributed by atoms with Gasteiger partial charge in [0, 0.05) is 16.6 Å². The molecule has 0 aromatic heterocycles. The van der Waals surface area contributed by atoms with Crippen LogP contribution in [0.15, 0.2) is 35.4 Å². The molecule has 1 amide bonds. The molecule has 0 unspecified atom stereocenters. The summed E-state index contributed by atoms with van der Waals surface area (Å²) < 4.78 is 0. The minimum atomic E-state index is -0.509. The van der Waals surface area contributed by atoms with Crippen molar-refractivity contribution in [1.29, 1.82) is 0 Å². The van der Waals surface area contributed by atoms with Crippen LogP contribution in [0.3, 0.4) is 0 Å². The largest absolute Gasteiger partial charge is 0.272 e. The molecule has 0 saturated heterocycles. The van der Waals surface area contributed by atoms with Gasteiger partial charge in [0.05, 0.1) is 11.6 Å². The van der Waals surface area contributed by atoms with Crippen LogP contribution in [0.1, 0.15) is 13.8 Å². The SMILES string of the molecule is CC1=NN(c2ccccc2)C(=O)[C@@H]1[C@@H](C)C[N+](=O)[O-]. The lowest BCUT2D eigenvalue weighted by molar-refractivity contribution is -0.488. The number of para-hydroxylation sites is 1. The molecule has 1 aliphatic heterocycles. The Bertz CT molecular complexity index is 527. The monoisotopic (exact) mass is 261 g/mol. The number of nitro groups is 1. The van der Waals surface area contributed by atoms with Gasteiger partial charge in [-0.2, -0.15) is 5.10 Å². The standard InChI is InChI=1S/C13H15N3O3/c1-9(8-15(18)19)12-10(2)14-16(13(12)17)11-6-4-3-5-7-11/h3-7,9,12H,8H2,1-2H3/t9-,12+/m0/s1. The summed E-state index contributed by atoms with van der Waals surface area (Å²) in [4.78, 5) is 22.5. The maximum absolute atomic E-state index is 12.3. The van der Waals surface area contributed by atoms with Gasteiger partial charge in [0.15, 0.2) is 0 Å². The van der Waals surface area contributed by atoms with Gasteiger partial charge in [-0.3, -0.25) is 14.9 Å². The highest BCUT2D eigenvalue weighted by Crippen LogP contribution is 2.28. The van der Waals surface area contributed by atoms with Crippen molar-refractivity contribution < 1.29 is 9.72 Å². The Balaban J connectivity index is 2.21. The fourth-order valence-electron chi connectivity index (χ4n) is 2.33. The van der Waals surface area contributed by atoms with E-state index in [1.807, 2.05) is 18.2 Å². The van der Waals surface area contributed by atoms with Crippen molar-refractivity contribution in [1.82, 2.24) is 0 Å². The fraction of sp³-hybridized carbons (Fsp3) is 0.385. The molecule has 0 radical (unpaired) electrons. The molecular formula is C13H15N3O3. The van der Waals surface area contributed by atoms with Crippen LogP contribution in [0, 0.1) is 22.0 Å². The molecule has 0 aliphatic carbocycles. The molecule has 0 N–H and O–H groups in total. The van der Waals surface area contributed by atoms with Crippen LogP contribution < -0.4 is 5.01 Å². The first-order valence-corrected chi connectivity index (χ1v) is 6.06. The van der Waals surface area contributed by atoms with Gasteiger partial charge in [0.25, 0.3) is 5.91 Å². The summed E-state index contributed by atoms with van der Waals surface area (Å²) in [5.41, 5.74) is 1.31. The van der Waals surface area contributed by atoms with E-state index in [0.717, 1.165) is 0 Å². The molecule has 0 bridgehead atoms. The topological polar surface area (TPSA) is 75.8 Å². The third-order valence-electron chi connectivity index (χ3n) is 3.19. The Kier molecular flexibility index (Phi) is 3.59. The van der Waals surface area contributed by atoms with Crippen molar-refractivity contribution in [2.75, 3.05) is 11.6 Å². The molecule has 0 spiro atoms. The fourth-order valence-corrected chi connectivity index (χ4v) is 2.33. The number of rotatable bonds is 4. The van der Waals surface area contributed by atoms with Crippen molar-refractivity contribution >= 4 is 17.3 Å². The second kappa shape index (κ2) is 5.17. The van der Waals surface area contributed by atoms with Gasteiger partial charge in [-0.25, -0.2) is 5.01 Å². The first-order valence-electron chi connectivity index (χ1n) is 6.06. The molecule has 6 nitrogen and oxygen atoms in total. The smallest absolute Gasteiger partial charge is 0.256 e. The summed E-state index contributed by atoms with van der Waals surface area (Å²) >= 11 is 0. The lowest BCUT2D eigenvalue weighted by Crippen LogP contribution is -2.34. The van der Waals surface area contributed by atoms with E-state index in [9.17, 15) is 14.9 Å². The first-order chi connectivity index (χ1) is 9.00. The number of hydrogen-bond acceptors (Lipinski definition) is 4. The average Bonchev–Trinajstić information content (AvgIpc) is 2.65. The maximum atomic E-state index is 12.3. The van der Waals surface area contributed by atoms with E-state index in [1.54, 1.807) is 26.0 Å². The quantitative estimate of drug-likeness (QED) is 0.614. The number of nitrogens with zero attached hydrogens (tertiary/aromatic N) is 3. The molecule has 2 rings (SSSR count). The van der Waals surface area contributed by atoms with Crippen LogP contribution in [0.25, 0.3) is 0 Å². The number of anilines is 1. The molecule has 1 aromatic rings. The average molecular weight is 261 g/mol. The number of benzene rings is 1. The maximum Gasteiger partial charge on any atom is 0.256 e.